The summed E-state index contributed by atoms with van der Waals surface area (Å²) in [6.45, 7) is 5.16. The van der Waals surface area contributed by atoms with Crippen molar-refractivity contribution in [3.8, 4) is 28.4 Å². The van der Waals surface area contributed by atoms with E-state index in [0.717, 1.165) is 28.3 Å². The maximum absolute atomic E-state index is 13.6. The quantitative estimate of drug-likeness (QED) is 0.252. The van der Waals surface area contributed by atoms with E-state index in [2.05, 4.69) is 17.9 Å². The fraction of sp³-hybridized carbons (Fsp3) is 0.185. The SMILES string of the molecule is CCOc1ccc(-c2nc(-c3ccccc3)n(CC)c2C(=O)NC(S)c2ccccc2)cc1. The molecule has 3 aromatic carbocycles. The minimum atomic E-state index is -0.438. The molecule has 1 aromatic heterocycles. The first-order chi connectivity index (χ1) is 16.1. The smallest absolute Gasteiger partial charge is 0.271 e. The van der Waals surface area contributed by atoms with Gasteiger partial charge in [0.1, 0.15) is 23.0 Å². The summed E-state index contributed by atoms with van der Waals surface area (Å²) in [6, 6.07) is 27.3. The zero-order valence-corrected chi connectivity index (χ0v) is 19.6. The fourth-order valence-electron chi connectivity index (χ4n) is 3.79. The molecule has 33 heavy (non-hydrogen) atoms. The number of aromatic nitrogens is 2. The predicted molar refractivity (Wildman–Crippen MR) is 136 cm³/mol. The summed E-state index contributed by atoms with van der Waals surface area (Å²) in [6.07, 6.45) is 0. The van der Waals surface area contributed by atoms with Crippen molar-refractivity contribution in [2.45, 2.75) is 25.8 Å². The van der Waals surface area contributed by atoms with E-state index in [1.165, 1.54) is 0 Å². The molecule has 1 atom stereocenters. The number of thiol groups is 1. The zero-order chi connectivity index (χ0) is 23.2. The molecule has 4 aromatic rings. The summed E-state index contributed by atoms with van der Waals surface area (Å²) in [5.74, 6) is 1.31. The first kappa shape index (κ1) is 22.7. The standard InChI is InChI=1S/C27H27N3O2S/c1-3-30-24(26(31)29-27(33)21-13-9-6-10-14-21)23(19-15-17-22(18-16-19)32-4-2)28-25(30)20-11-7-5-8-12-20/h5-18,27,33H,3-4H2,1-2H3,(H,29,31). The van der Waals surface area contributed by atoms with E-state index in [-0.39, 0.29) is 5.91 Å². The third kappa shape index (κ3) is 4.96. The Bertz CT molecular complexity index is 1210. The number of amides is 1. The minimum Gasteiger partial charge on any atom is -0.494 e. The number of benzene rings is 3. The first-order valence-corrected chi connectivity index (χ1v) is 11.6. The van der Waals surface area contributed by atoms with Gasteiger partial charge in [0.25, 0.3) is 5.91 Å². The maximum atomic E-state index is 13.6. The molecule has 0 fully saturated rings. The molecule has 5 nitrogen and oxygen atoms in total. The summed E-state index contributed by atoms with van der Waals surface area (Å²) in [5.41, 5.74) is 3.86. The summed E-state index contributed by atoms with van der Waals surface area (Å²) in [4.78, 5) is 18.5. The van der Waals surface area contributed by atoms with Crippen molar-refractivity contribution in [1.29, 1.82) is 0 Å². The molecule has 0 saturated heterocycles. The van der Waals surface area contributed by atoms with Crippen LogP contribution in [-0.2, 0) is 6.54 Å². The van der Waals surface area contributed by atoms with Crippen molar-refractivity contribution in [2.24, 2.45) is 0 Å². The number of imidazole rings is 1. The lowest BCUT2D eigenvalue weighted by molar-refractivity contribution is 0.0941. The second kappa shape index (κ2) is 10.4. The van der Waals surface area contributed by atoms with Crippen molar-refractivity contribution >= 4 is 18.5 Å². The third-order valence-corrected chi connectivity index (χ3v) is 5.78. The van der Waals surface area contributed by atoms with Crippen LogP contribution in [0.3, 0.4) is 0 Å². The number of ether oxygens (including phenoxy) is 1. The van der Waals surface area contributed by atoms with E-state index in [4.69, 9.17) is 9.72 Å². The molecule has 6 heteroatoms. The Kier molecular flexibility index (Phi) is 7.15. The molecule has 1 N–H and O–H groups in total. The van der Waals surface area contributed by atoms with Crippen LogP contribution in [0.1, 0.15) is 35.3 Å². The molecule has 0 aliphatic carbocycles. The van der Waals surface area contributed by atoms with Crippen LogP contribution < -0.4 is 10.1 Å². The van der Waals surface area contributed by atoms with Gasteiger partial charge in [-0.15, -0.1) is 12.6 Å². The average molecular weight is 458 g/mol. The highest BCUT2D eigenvalue weighted by Crippen LogP contribution is 2.31. The summed E-state index contributed by atoms with van der Waals surface area (Å²) in [5, 5.41) is 2.60. The average Bonchev–Trinajstić information content (AvgIpc) is 3.25. The highest BCUT2D eigenvalue weighted by atomic mass is 32.1. The van der Waals surface area contributed by atoms with Gasteiger partial charge >= 0.3 is 0 Å². The van der Waals surface area contributed by atoms with Crippen LogP contribution in [0.15, 0.2) is 84.9 Å². The van der Waals surface area contributed by atoms with Crippen LogP contribution in [-0.4, -0.2) is 22.1 Å². The fourth-order valence-corrected chi connectivity index (χ4v) is 4.08. The lowest BCUT2D eigenvalue weighted by atomic mass is 10.1. The number of rotatable bonds is 8. The number of hydrogen-bond donors (Lipinski definition) is 2. The van der Waals surface area contributed by atoms with Gasteiger partial charge < -0.3 is 14.6 Å². The van der Waals surface area contributed by atoms with Gasteiger partial charge in [-0.1, -0.05) is 60.7 Å². The molecule has 0 saturated carbocycles. The second-order valence-electron chi connectivity index (χ2n) is 7.49. The van der Waals surface area contributed by atoms with Gasteiger partial charge in [0, 0.05) is 17.7 Å². The highest BCUT2D eigenvalue weighted by Gasteiger charge is 2.25. The van der Waals surface area contributed by atoms with E-state index in [1.807, 2.05) is 103 Å². The van der Waals surface area contributed by atoms with E-state index in [1.54, 1.807) is 0 Å². The highest BCUT2D eigenvalue weighted by molar-refractivity contribution is 7.80. The molecular formula is C27H27N3O2S. The lowest BCUT2D eigenvalue weighted by Gasteiger charge is -2.16. The number of hydrogen-bond acceptors (Lipinski definition) is 4. The van der Waals surface area contributed by atoms with Crippen LogP contribution in [0.4, 0.5) is 0 Å². The van der Waals surface area contributed by atoms with E-state index in [9.17, 15) is 4.79 Å². The van der Waals surface area contributed by atoms with Crippen molar-refractivity contribution in [3.63, 3.8) is 0 Å². The molecule has 0 spiro atoms. The predicted octanol–water partition coefficient (Wildman–Crippen LogP) is 5.99. The van der Waals surface area contributed by atoms with Crippen molar-refractivity contribution in [3.05, 3.63) is 96.2 Å². The van der Waals surface area contributed by atoms with Crippen LogP contribution in [0.25, 0.3) is 22.6 Å². The zero-order valence-electron chi connectivity index (χ0n) is 18.7. The van der Waals surface area contributed by atoms with Gasteiger partial charge in [0.2, 0.25) is 0 Å². The van der Waals surface area contributed by atoms with Crippen molar-refractivity contribution in [1.82, 2.24) is 14.9 Å². The van der Waals surface area contributed by atoms with Gasteiger partial charge in [-0.25, -0.2) is 4.98 Å². The van der Waals surface area contributed by atoms with Crippen molar-refractivity contribution in [2.75, 3.05) is 6.61 Å². The van der Waals surface area contributed by atoms with Crippen LogP contribution in [0, 0.1) is 0 Å². The molecule has 1 heterocycles. The lowest BCUT2D eigenvalue weighted by Crippen LogP contribution is -2.28. The molecule has 0 bridgehead atoms. The molecule has 0 aliphatic heterocycles. The van der Waals surface area contributed by atoms with Gasteiger partial charge in [-0.2, -0.15) is 0 Å². The molecule has 0 radical (unpaired) electrons. The number of nitrogens with zero attached hydrogens (tertiary/aromatic N) is 2. The topological polar surface area (TPSA) is 56.2 Å². The first-order valence-electron chi connectivity index (χ1n) is 11.1. The van der Waals surface area contributed by atoms with Gasteiger partial charge in [0.15, 0.2) is 0 Å². The second-order valence-corrected chi connectivity index (χ2v) is 8.00. The van der Waals surface area contributed by atoms with Gasteiger partial charge in [0.05, 0.1) is 12.0 Å². The number of carbonyl (C=O) groups is 1. The monoisotopic (exact) mass is 457 g/mol. The summed E-state index contributed by atoms with van der Waals surface area (Å²) >= 11 is 4.63. The van der Waals surface area contributed by atoms with Crippen LogP contribution >= 0.6 is 12.6 Å². The Balaban J connectivity index is 1.79. The summed E-state index contributed by atoms with van der Waals surface area (Å²) < 4.78 is 7.54. The Labute approximate surface area is 199 Å². The van der Waals surface area contributed by atoms with Crippen molar-refractivity contribution < 1.29 is 9.53 Å². The molecule has 1 unspecified atom stereocenters. The Morgan fingerprint density at radius 3 is 2.18 bits per heavy atom. The maximum Gasteiger partial charge on any atom is 0.271 e. The van der Waals surface area contributed by atoms with Crippen LogP contribution in [0.5, 0.6) is 5.75 Å². The Morgan fingerprint density at radius 1 is 0.939 bits per heavy atom. The largest absolute Gasteiger partial charge is 0.494 e. The Morgan fingerprint density at radius 2 is 1.58 bits per heavy atom. The molecule has 4 rings (SSSR count). The van der Waals surface area contributed by atoms with Gasteiger partial charge in [-0.05, 0) is 43.7 Å². The molecule has 168 valence electrons. The van der Waals surface area contributed by atoms with E-state index < -0.39 is 5.37 Å². The number of carbonyl (C=O) groups excluding carboxylic acids is 1. The third-order valence-electron chi connectivity index (χ3n) is 5.35. The molecule has 1 amide bonds. The van der Waals surface area contributed by atoms with Crippen LogP contribution in [0.2, 0.25) is 0 Å². The van der Waals surface area contributed by atoms with Gasteiger partial charge in [-0.3, -0.25) is 4.79 Å². The molecule has 0 aliphatic rings. The Hall–Kier alpha value is -3.51. The number of nitrogens with one attached hydrogen (secondary N) is 1. The summed E-state index contributed by atoms with van der Waals surface area (Å²) in [7, 11) is 0. The minimum absolute atomic E-state index is 0.223. The normalized spacial score (nSPS) is 11.7. The van der Waals surface area contributed by atoms with E-state index in [0.29, 0.717) is 24.5 Å². The molecular weight excluding hydrogens is 430 g/mol. The van der Waals surface area contributed by atoms with E-state index >= 15 is 0 Å².